The van der Waals surface area contributed by atoms with E-state index in [-0.39, 0.29) is 0 Å². The molecule has 1 aliphatic heterocycles. The summed E-state index contributed by atoms with van der Waals surface area (Å²) in [6, 6.07) is 15.3. The molecule has 0 saturated carbocycles. The van der Waals surface area contributed by atoms with Gasteiger partial charge >= 0.3 is 0 Å². The number of nitrogens with one attached hydrogen (secondary N) is 2. The average molecular weight is 319 g/mol. The Morgan fingerprint density at radius 3 is 2.75 bits per heavy atom. The third-order valence-electron chi connectivity index (χ3n) is 4.37. The molecule has 0 saturated heterocycles. The molecule has 0 atom stereocenters. The quantitative estimate of drug-likeness (QED) is 0.754. The summed E-state index contributed by atoms with van der Waals surface area (Å²) in [5, 5.41) is 3.39. The van der Waals surface area contributed by atoms with Gasteiger partial charge in [-0.05, 0) is 47.2 Å². The van der Waals surface area contributed by atoms with Gasteiger partial charge in [0.15, 0.2) is 0 Å². The number of nitrogens with zero attached hydrogens (tertiary/aromatic N) is 1. The minimum Gasteiger partial charge on any atom is -0.493 e. The number of H-pyrrole nitrogens is 1. The Kier molecular flexibility index (Phi) is 4.30. The van der Waals surface area contributed by atoms with Crippen molar-refractivity contribution in [1.82, 2.24) is 15.3 Å². The Balaban J connectivity index is 1.41. The number of aromatic amines is 1. The first kappa shape index (κ1) is 15.0. The van der Waals surface area contributed by atoms with Crippen LogP contribution in [0.5, 0.6) is 5.75 Å². The van der Waals surface area contributed by atoms with Gasteiger partial charge in [0, 0.05) is 18.9 Å². The van der Waals surface area contributed by atoms with Crippen molar-refractivity contribution in [3.05, 3.63) is 71.8 Å². The van der Waals surface area contributed by atoms with E-state index in [9.17, 15) is 0 Å². The van der Waals surface area contributed by atoms with Gasteiger partial charge in [0.25, 0.3) is 0 Å². The van der Waals surface area contributed by atoms with Gasteiger partial charge in [-0.15, -0.1) is 0 Å². The van der Waals surface area contributed by atoms with Crippen molar-refractivity contribution in [2.75, 3.05) is 6.61 Å². The average Bonchev–Trinajstić information content (AvgIpc) is 3.15. The number of ether oxygens (including phenoxy) is 1. The van der Waals surface area contributed by atoms with Crippen molar-refractivity contribution < 1.29 is 4.74 Å². The van der Waals surface area contributed by atoms with Gasteiger partial charge < -0.3 is 15.0 Å². The molecule has 122 valence electrons. The van der Waals surface area contributed by atoms with E-state index in [2.05, 4.69) is 57.7 Å². The Bertz CT molecular complexity index is 794. The van der Waals surface area contributed by atoms with Gasteiger partial charge in [-0.3, -0.25) is 0 Å². The minimum atomic E-state index is 0.750. The minimum absolute atomic E-state index is 0.750. The Labute approximate surface area is 141 Å². The lowest BCUT2D eigenvalue weighted by Crippen LogP contribution is -2.13. The molecule has 4 rings (SSSR count). The molecule has 0 spiro atoms. The Morgan fingerprint density at radius 1 is 1.04 bits per heavy atom. The van der Waals surface area contributed by atoms with E-state index in [4.69, 9.17) is 4.74 Å². The highest BCUT2D eigenvalue weighted by Gasteiger charge is 2.11. The third-order valence-corrected chi connectivity index (χ3v) is 4.37. The van der Waals surface area contributed by atoms with E-state index in [0.29, 0.717) is 0 Å². The number of hydrogen-bond donors (Lipinski definition) is 2. The molecule has 1 aliphatic rings. The van der Waals surface area contributed by atoms with Crippen molar-refractivity contribution in [3.8, 4) is 16.9 Å². The van der Waals surface area contributed by atoms with E-state index in [0.717, 1.165) is 44.1 Å². The van der Waals surface area contributed by atoms with E-state index in [1.165, 1.54) is 22.3 Å². The van der Waals surface area contributed by atoms with Gasteiger partial charge in [-0.1, -0.05) is 30.3 Å². The predicted molar refractivity (Wildman–Crippen MR) is 94.8 cm³/mol. The van der Waals surface area contributed by atoms with Crippen LogP contribution in [0.3, 0.4) is 0 Å². The predicted octanol–water partition coefficient (Wildman–Crippen LogP) is 3.69. The molecule has 0 aliphatic carbocycles. The van der Waals surface area contributed by atoms with Crippen LogP contribution in [0.25, 0.3) is 11.1 Å². The summed E-state index contributed by atoms with van der Waals surface area (Å²) < 4.78 is 5.69. The van der Waals surface area contributed by atoms with Crippen LogP contribution >= 0.6 is 0 Å². The van der Waals surface area contributed by atoms with Gasteiger partial charge in [0.05, 0.1) is 13.2 Å². The zero-order valence-corrected chi connectivity index (χ0v) is 13.6. The number of rotatable bonds is 5. The summed E-state index contributed by atoms with van der Waals surface area (Å²) in [5.41, 5.74) is 5.10. The fourth-order valence-electron chi connectivity index (χ4n) is 3.07. The zero-order chi connectivity index (χ0) is 16.2. The molecule has 3 aromatic rings. The van der Waals surface area contributed by atoms with E-state index >= 15 is 0 Å². The molecule has 0 bridgehead atoms. The van der Waals surface area contributed by atoms with Crippen LogP contribution in [0.15, 0.2) is 54.9 Å². The highest BCUT2D eigenvalue weighted by molar-refractivity contribution is 5.66. The number of hydrogen-bond acceptors (Lipinski definition) is 3. The van der Waals surface area contributed by atoms with Crippen molar-refractivity contribution in [2.45, 2.75) is 25.9 Å². The number of fused-ring (bicyclic) bond motifs is 1. The SMILES string of the molecule is c1c[nH]c(CNCc2ccc(-c3ccc4c(c3)CCCO4)cc2)n1. The fourth-order valence-corrected chi connectivity index (χ4v) is 3.07. The molecule has 4 heteroatoms. The number of benzene rings is 2. The van der Waals surface area contributed by atoms with Crippen LogP contribution in [-0.4, -0.2) is 16.6 Å². The van der Waals surface area contributed by atoms with Crippen molar-refractivity contribution >= 4 is 0 Å². The maximum Gasteiger partial charge on any atom is 0.122 e. The highest BCUT2D eigenvalue weighted by atomic mass is 16.5. The molecule has 0 unspecified atom stereocenters. The fraction of sp³-hybridized carbons (Fsp3) is 0.250. The second kappa shape index (κ2) is 6.89. The maximum absolute atomic E-state index is 5.69. The normalized spacial score (nSPS) is 13.3. The first-order chi connectivity index (χ1) is 11.9. The largest absolute Gasteiger partial charge is 0.493 e. The zero-order valence-electron chi connectivity index (χ0n) is 13.6. The second-order valence-electron chi connectivity index (χ2n) is 6.11. The molecule has 0 amide bonds. The van der Waals surface area contributed by atoms with Gasteiger partial charge in [0.2, 0.25) is 0 Å². The van der Waals surface area contributed by atoms with Crippen molar-refractivity contribution in [2.24, 2.45) is 0 Å². The number of aromatic nitrogens is 2. The molecule has 2 heterocycles. The smallest absolute Gasteiger partial charge is 0.122 e. The van der Waals surface area contributed by atoms with Crippen LogP contribution in [0.2, 0.25) is 0 Å². The van der Waals surface area contributed by atoms with Crippen molar-refractivity contribution in [3.63, 3.8) is 0 Å². The van der Waals surface area contributed by atoms with Crippen molar-refractivity contribution in [1.29, 1.82) is 0 Å². The lowest BCUT2D eigenvalue weighted by atomic mass is 9.98. The van der Waals surface area contributed by atoms with Crippen LogP contribution in [-0.2, 0) is 19.5 Å². The van der Waals surface area contributed by atoms with Gasteiger partial charge in [-0.25, -0.2) is 4.98 Å². The van der Waals surface area contributed by atoms with Crippen LogP contribution in [0, 0.1) is 0 Å². The summed E-state index contributed by atoms with van der Waals surface area (Å²) in [4.78, 5) is 7.30. The first-order valence-electron chi connectivity index (χ1n) is 8.42. The monoisotopic (exact) mass is 319 g/mol. The van der Waals surface area contributed by atoms with Crippen LogP contribution < -0.4 is 10.1 Å². The maximum atomic E-state index is 5.69. The number of imidazole rings is 1. The molecule has 2 N–H and O–H groups in total. The summed E-state index contributed by atoms with van der Waals surface area (Å²) in [6.07, 6.45) is 5.83. The lowest BCUT2D eigenvalue weighted by molar-refractivity contribution is 0.288. The molecular formula is C20H21N3O. The Hall–Kier alpha value is -2.59. The molecule has 0 radical (unpaired) electrons. The van der Waals surface area contributed by atoms with E-state index in [1.807, 2.05) is 6.20 Å². The molecule has 24 heavy (non-hydrogen) atoms. The summed E-state index contributed by atoms with van der Waals surface area (Å²) >= 11 is 0. The lowest BCUT2D eigenvalue weighted by Gasteiger charge is -2.18. The van der Waals surface area contributed by atoms with Crippen LogP contribution in [0.4, 0.5) is 0 Å². The Morgan fingerprint density at radius 2 is 1.92 bits per heavy atom. The summed E-state index contributed by atoms with van der Waals surface area (Å²) in [6.45, 7) is 2.42. The molecular weight excluding hydrogens is 298 g/mol. The number of aryl methyl sites for hydroxylation is 1. The molecule has 1 aromatic heterocycles. The van der Waals surface area contributed by atoms with E-state index in [1.54, 1.807) is 6.20 Å². The molecule has 2 aromatic carbocycles. The second-order valence-corrected chi connectivity index (χ2v) is 6.11. The molecule has 4 nitrogen and oxygen atoms in total. The standard InChI is InChI=1S/C20H21N3O/c1-2-18-12-17(7-8-19(18)24-11-1)16-5-3-15(4-6-16)13-21-14-20-22-9-10-23-20/h3-10,12,21H,1-2,11,13-14H2,(H,22,23). The summed E-state index contributed by atoms with van der Waals surface area (Å²) in [5.74, 6) is 2.01. The summed E-state index contributed by atoms with van der Waals surface area (Å²) in [7, 11) is 0. The highest BCUT2D eigenvalue weighted by Crippen LogP contribution is 2.30. The van der Waals surface area contributed by atoms with Crippen LogP contribution in [0.1, 0.15) is 23.4 Å². The molecule has 0 fully saturated rings. The van der Waals surface area contributed by atoms with Gasteiger partial charge in [0.1, 0.15) is 11.6 Å². The topological polar surface area (TPSA) is 49.9 Å². The third kappa shape index (κ3) is 3.34. The van der Waals surface area contributed by atoms with E-state index < -0.39 is 0 Å². The van der Waals surface area contributed by atoms with Gasteiger partial charge in [-0.2, -0.15) is 0 Å². The first-order valence-corrected chi connectivity index (χ1v) is 8.42.